The van der Waals surface area contributed by atoms with E-state index in [0.29, 0.717) is 6.54 Å². The lowest BCUT2D eigenvalue weighted by Crippen LogP contribution is -2.25. The molecule has 0 unspecified atom stereocenters. The molecule has 0 saturated heterocycles. The molecule has 0 bridgehead atoms. The number of benzene rings is 1. The van der Waals surface area contributed by atoms with Crippen molar-refractivity contribution in [2.45, 2.75) is 13.5 Å². The molecule has 4 nitrogen and oxygen atoms in total. The molecule has 3 rings (SSSR count). The van der Waals surface area contributed by atoms with Gasteiger partial charge in [0.2, 0.25) is 0 Å². The quantitative estimate of drug-likeness (QED) is 0.733. The highest BCUT2D eigenvalue weighted by molar-refractivity contribution is 7.12. The van der Waals surface area contributed by atoms with Gasteiger partial charge in [-0.2, -0.15) is 5.10 Å². The lowest BCUT2D eigenvalue weighted by Gasteiger charge is -2.16. The van der Waals surface area contributed by atoms with Crippen LogP contribution >= 0.6 is 11.3 Å². The minimum Gasteiger partial charge on any atom is -0.337 e. The number of rotatable bonds is 4. The van der Waals surface area contributed by atoms with Crippen LogP contribution in [0.2, 0.25) is 0 Å². The van der Waals surface area contributed by atoms with Gasteiger partial charge in [0, 0.05) is 38.0 Å². The molecule has 0 radical (unpaired) electrons. The number of thiophene rings is 1. The van der Waals surface area contributed by atoms with Crippen molar-refractivity contribution in [3.8, 4) is 11.1 Å². The first-order valence-corrected chi connectivity index (χ1v) is 8.30. The molecule has 2 aromatic heterocycles. The second-order valence-corrected chi connectivity index (χ2v) is 6.63. The summed E-state index contributed by atoms with van der Waals surface area (Å²) < 4.78 is 1.75. The van der Waals surface area contributed by atoms with Crippen molar-refractivity contribution in [2.75, 3.05) is 7.05 Å². The molecule has 0 aliphatic heterocycles. The van der Waals surface area contributed by atoms with E-state index < -0.39 is 0 Å². The Kier molecular flexibility index (Phi) is 4.30. The lowest BCUT2D eigenvalue weighted by atomic mass is 10.0. The molecular weight excluding hydrogens is 306 g/mol. The summed E-state index contributed by atoms with van der Waals surface area (Å²) in [6, 6.07) is 10.3. The summed E-state index contributed by atoms with van der Waals surface area (Å²) in [7, 11) is 3.70. The van der Waals surface area contributed by atoms with E-state index in [2.05, 4.69) is 36.3 Å². The van der Waals surface area contributed by atoms with E-state index in [1.807, 2.05) is 31.7 Å². The Bertz CT molecular complexity index is 817. The molecular formula is C18H19N3OS. The molecule has 0 N–H and O–H groups in total. The number of carbonyl (C=O) groups is 1. The standard InChI is InChI=1S/C18H19N3OS/c1-13-4-6-15(7-5-13)16-8-9-23-17(16)18(22)20(2)11-14-10-19-21(3)12-14/h4-10,12H,11H2,1-3H3. The third-order valence-corrected chi connectivity index (χ3v) is 4.65. The summed E-state index contributed by atoms with van der Waals surface area (Å²) in [4.78, 5) is 15.3. The van der Waals surface area contributed by atoms with Crippen LogP contribution in [0.3, 0.4) is 0 Å². The number of nitrogens with zero attached hydrogens (tertiary/aromatic N) is 3. The Morgan fingerprint density at radius 3 is 2.65 bits per heavy atom. The maximum atomic E-state index is 12.8. The summed E-state index contributed by atoms with van der Waals surface area (Å²) in [5, 5.41) is 6.12. The van der Waals surface area contributed by atoms with Gasteiger partial charge >= 0.3 is 0 Å². The monoisotopic (exact) mass is 325 g/mol. The molecule has 0 fully saturated rings. The van der Waals surface area contributed by atoms with E-state index in [1.165, 1.54) is 16.9 Å². The zero-order chi connectivity index (χ0) is 16.4. The number of aryl methyl sites for hydroxylation is 2. The van der Waals surface area contributed by atoms with Gasteiger partial charge in [-0.1, -0.05) is 29.8 Å². The molecule has 0 spiro atoms. The van der Waals surface area contributed by atoms with E-state index in [-0.39, 0.29) is 5.91 Å². The Morgan fingerprint density at radius 2 is 2.00 bits per heavy atom. The van der Waals surface area contributed by atoms with Gasteiger partial charge in [0.05, 0.1) is 11.1 Å². The van der Waals surface area contributed by atoms with Gasteiger partial charge in [-0.15, -0.1) is 11.3 Å². The number of amides is 1. The van der Waals surface area contributed by atoms with Gasteiger partial charge in [0.15, 0.2) is 0 Å². The van der Waals surface area contributed by atoms with Crippen molar-refractivity contribution in [1.29, 1.82) is 0 Å². The fraction of sp³-hybridized carbons (Fsp3) is 0.222. The highest BCUT2D eigenvalue weighted by atomic mass is 32.1. The smallest absolute Gasteiger partial charge is 0.264 e. The second kappa shape index (κ2) is 6.38. The van der Waals surface area contributed by atoms with Crippen LogP contribution < -0.4 is 0 Å². The summed E-state index contributed by atoms with van der Waals surface area (Å²) in [6.07, 6.45) is 3.72. The van der Waals surface area contributed by atoms with Gasteiger partial charge < -0.3 is 4.90 Å². The first-order valence-electron chi connectivity index (χ1n) is 7.42. The fourth-order valence-electron chi connectivity index (χ4n) is 2.51. The van der Waals surface area contributed by atoms with E-state index in [9.17, 15) is 4.79 Å². The molecule has 118 valence electrons. The van der Waals surface area contributed by atoms with Crippen molar-refractivity contribution in [3.63, 3.8) is 0 Å². The molecule has 1 aromatic carbocycles. The third kappa shape index (κ3) is 3.35. The molecule has 0 saturated carbocycles. The average Bonchev–Trinajstić information content (AvgIpc) is 3.16. The van der Waals surface area contributed by atoms with Crippen molar-refractivity contribution >= 4 is 17.2 Å². The normalized spacial score (nSPS) is 10.7. The summed E-state index contributed by atoms with van der Waals surface area (Å²) in [5.74, 6) is 0.0411. The average molecular weight is 325 g/mol. The van der Waals surface area contributed by atoms with Crippen LogP contribution in [0, 0.1) is 6.92 Å². The Morgan fingerprint density at radius 1 is 1.26 bits per heavy atom. The SMILES string of the molecule is Cc1ccc(-c2ccsc2C(=O)N(C)Cc2cnn(C)c2)cc1. The first-order chi connectivity index (χ1) is 11.0. The van der Waals surface area contributed by atoms with Gasteiger partial charge in [0.1, 0.15) is 0 Å². The molecule has 0 aliphatic rings. The summed E-state index contributed by atoms with van der Waals surface area (Å²) >= 11 is 1.49. The van der Waals surface area contributed by atoms with Gasteiger partial charge in [0.25, 0.3) is 5.91 Å². The van der Waals surface area contributed by atoms with Crippen LogP contribution in [0.5, 0.6) is 0 Å². The van der Waals surface area contributed by atoms with E-state index in [4.69, 9.17) is 0 Å². The molecule has 3 aromatic rings. The maximum Gasteiger partial charge on any atom is 0.264 e. The molecule has 23 heavy (non-hydrogen) atoms. The van der Waals surface area contributed by atoms with E-state index in [0.717, 1.165) is 21.6 Å². The van der Waals surface area contributed by atoms with Crippen LogP contribution in [-0.4, -0.2) is 27.6 Å². The van der Waals surface area contributed by atoms with Crippen LogP contribution in [0.25, 0.3) is 11.1 Å². The largest absolute Gasteiger partial charge is 0.337 e. The zero-order valence-corrected chi connectivity index (χ0v) is 14.3. The van der Waals surface area contributed by atoms with Crippen molar-refractivity contribution < 1.29 is 4.79 Å². The van der Waals surface area contributed by atoms with Crippen LogP contribution in [0.4, 0.5) is 0 Å². The van der Waals surface area contributed by atoms with Crippen molar-refractivity contribution in [3.05, 3.63) is 64.1 Å². The third-order valence-electron chi connectivity index (χ3n) is 3.75. The van der Waals surface area contributed by atoms with Gasteiger partial charge in [-0.25, -0.2) is 0 Å². The van der Waals surface area contributed by atoms with Crippen LogP contribution in [0.15, 0.2) is 48.1 Å². The van der Waals surface area contributed by atoms with E-state index >= 15 is 0 Å². The minimum atomic E-state index is 0.0411. The summed E-state index contributed by atoms with van der Waals surface area (Å²) in [5.41, 5.74) is 4.32. The predicted octanol–water partition coefficient (Wildman–Crippen LogP) is 3.73. The number of aromatic nitrogens is 2. The van der Waals surface area contributed by atoms with Gasteiger partial charge in [-0.3, -0.25) is 9.48 Å². The minimum absolute atomic E-state index is 0.0411. The van der Waals surface area contributed by atoms with Crippen LogP contribution in [-0.2, 0) is 13.6 Å². The van der Waals surface area contributed by atoms with E-state index in [1.54, 1.807) is 15.8 Å². The van der Waals surface area contributed by atoms with Gasteiger partial charge in [-0.05, 0) is 23.9 Å². The van der Waals surface area contributed by atoms with Crippen molar-refractivity contribution in [1.82, 2.24) is 14.7 Å². The zero-order valence-electron chi connectivity index (χ0n) is 13.5. The molecule has 0 atom stereocenters. The summed E-state index contributed by atoms with van der Waals surface area (Å²) in [6.45, 7) is 2.61. The number of carbonyl (C=O) groups excluding carboxylic acids is 1. The first kappa shape index (κ1) is 15.5. The highest BCUT2D eigenvalue weighted by Gasteiger charge is 2.19. The fourth-order valence-corrected chi connectivity index (χ4v) is 3.42. The number of hydrogen-bond donors (Lipinski definition) is 0. The highest BCUT2D eigenvalue weighted by Crippen LogP contribution is 2.29. The van der Waals surface area contributed by atoms with Crippen molar-refractivity contribution in [2.24, 2.45) is 7.05 Å². The lowest BCUT2D eigenvalue weighted by molar-refractivity contribution is 0.0790. The molecule has 0 aliphatic carbocycles. The Balaban J connectivity index is 1.82. The predicted molar refractivity (Wildman–Crippen MR) is 93.5 cm³/mol. The maximum absolute atomic E-state index is 12.8. The van der Waals surface area contributed by atoms with Crippen LogP contribution in [0.1, 0.15) is 20.8 Å². The second-order valence-electron chi connectivity index (χ2n) is 5.71. The molecule has 2 heterocycles. The molecule has 5 heteroatoms. The molecule has 1 amide bonds. The Labute approximate surface area is 140 Å². The Hall–Kier alpha value is -2.40. The number of hydrogen-bond acceptors (Lipinski definition) is 3. The topological polar surface area (TPSA) is 38.1 Å².